The number of nitrogens with one attached hydrogen (secondary N) is 1. The minimum absolute atomic E-state index is 0.642. The molecule has 0 heterocycles. The van der Waals surface area contributed by atoms with Crippen LogP contribution in [0.3, 0.4) is 0 Å². The molecule has 0 aromatic rings. The topological polar surface area (TPSA) is 21.3 Å². The fourth-order valence-electron chi connectivity index (χ4n) is 2.52. The van der Waals surface area contributed by atoms with E-state index in [1.165, 1.54) is 44.9 Å². The standard InChI is InChI=1S/C14H29NO/c1-3-7-13(2)15-10-11-16-12-14-8-5-4-6-9-14/h13-15H,3-12H2,1-2H3. The van der Waals surface area contributed by atoms with Gasteiger partial charge in [0.25, 0.3) is 0 Å². The molecule has 0 amide bonds. The fourth-order valence-corrected chi connectivity index (χ4v) is 2.52. The minimum atomic E-state index is 0.642. The summed E-state index contributed by atoms with van der Waals surface area (Å²) in [5.74, 6) is 0.849. The van der Waals surface area contributed by atoms with Crippen molar-refractivity contribution in [1.29, 1.82) is 0 Å². The second-order valence-electron chi connectivity index (χ2n) is 5.22. The molecule has 16 heavy (non-hydrogen) atoms. The quantitative estimate of drug-likeness (QED) is 0.642. The Balaban J connectivity index is 1.87. The van der Waals surface area contributed by atoms with Gasteiger partial charge < -0.3 is 10.1 Å². The molecule has 1 aliphatic rings. The number of hydrogen-bond donors (Lipinski definition) is 1. The molecule has 2 heteroatoms. The summed E-state index contributed by atoms with van der Waals surface area (Å²) in [6.45, 7) is 7.37. The lowest BCUT2D eigenvalue weighted by Gasteiger charge is -2.21. The second-order valence-corrected chi connectivity index (χ2v) is 5.22. The summed E-state index contributed by atoms with van der Waals surface area (Å²) in [7, 11) is 0. The predicted octanol–water partition coefficient (Wildman–Crippen LogP) is 3.36. The second kappa shape index (κ2) is 9.00. The zero-order valence-electron chi connectivity index (χ0n) is 11.1. The summed E-state index contributed by atoms with van der Waals surface area (Å²) in [4.78, 5) is 0. The molecule has 1 fully saturated rings. The molecule has 0 radical (unpaired) electrons. The molecule has 0 spiro atoms. The molecule has 0 aromatic carbocycles. The molecule has 1 rings (SSSR count). The highest BCUT2D eigenvalue weighted by atomic mass is 16.5. The molecule has 2 nitrogen and oxygen atoms in total. The van der Waals surface area contributed by atoms with Crippen LogP contribution in [0, 0.1) is 5.92 Å². The maximum atomic E-state index is 5.74. The molecular weight excluding hydrogens is 198 g/mol. The molecule has 0 aromatic heterocycles. The third-order valence-corrected chi connectivity index (χ3v) is 3.54. The molecule has 0 aliphatic heterocycles. The zero-order chi connectivity index (χ0) is 11.6. The van der Waals surface area contributed by atoms with Gasteiger partial charge in [0.1, 0.15) is 0 Å². The SMILES string of the molecule is CCCC(C)NCCOCC1CCCCC1. The molecule has 1 aliphatic carbocycles. The van der Waals surface area contributed by atoms with Crippen molar-refractivity contribution < 1.29 is 4.74 Å². The molecule has 1 saturated carbocycles. The summed E-state index contributed by atoms with van der Waals surface area (Å²) >= 11 is 0. The van der Waals surface area contributed by atoms with E-state index in [1.807, 2.05) is 0 Å². The lowest BCUT2D eigenvalue weighted by molar-refractivity contribution is 0.0857. The normalized spacial score (nSPS) is 19.9. The van der Waals surface area contributed by atoms with Crippen molar-refractivity contribution in [2.24, 2.45) is 5.92 Å². The van der Waals surface area contributed by atoms with Crippen molar-refractivity contribution in [3.63, 3.8) is 0 Å². The zero-order valence-corrected chi connectivity index (χ0v) is 11.1. The van der Waals surface area contributed by atoms with Crippen molar-refractivity contribution in [1.82, 2.24) is 5.32 Å². The summed E-state index contributed by atoms with van der Waals surface area (Å²) in [5, 5.41) is 3.50. The van der Waals surface area contributed by atoms with Crippen molar-refractivity contribution in [2.45, 2.75) is 64.8 Å². The van der Waals surface area contributed by atoms with Gasteiger partial charge in [0, 0.05) is 19.2 Å². The first kappa shape index (κ1) is 14.0. The predicted molar refractivity (Wildman–Crippen MR) is 69.8 cm³/mol. The van der Waals surface area contributed by atoms with E-state index in [9.17, 15) is 0 Å². The van der Waals surface area contributed by atoms with E-state index >= 15 is 0 Å². The fraction of sp³-hybridized carbons (Fsp3) is 1.00. The Labute approximate surface area is 101 Å². The van der Waals surface area contributed by atoms with Gasteiger partial charge in [-0.2, -0.15) is 0 Å². The molecule has 0 saturated heterocycles. The van der Waals surface area contributed by atoms with E-state index in [-0.39, 0.29) is 0 Å². The smallest absolute Gasteiger partial charge is 0.0591 e. The van der Waals surface area contributed by atoms with Crippen LogP contribution in [0.4, 0.5) is 0 Å². The van der Waals surface area contributed by atoms with Crippen LogP contribution >= 0.6 is 0 Å². The molecule has 1 unspecified atom stereocenters. The Morgan fingerprint density at radius 3 is 2.69 bits per heavy atom. The van der Waals surface area contributed by atoms with E-state index in [2.05, 4.69) is 19.2 Å². The van der Waals surface area contributed by atoms with Crippen LogP contribution in [0.5, 0.6) is 0 Å². The average molecular weight is 227 g/mol. The monoisotopic (exact) mass is 227 g/mol. The van der Waals surface area contributed by atoms with Crippen LogP contribution in [0.1, 0.15) is 58.8 Å². The summed E-state index contributed by atoms with van der Waals surface area (Å²) in [5.41, 5.74) is 0. The minimum Gasteiger partial charge on any atom is -0.380 e. The first-order valence-electron chi connectivity index (χ1n) is 7.14. The van der Waals surface area contributed by atoms with E-state index in [0.29, 0.717) is 6.04 Å². The Hall–Kier alpha value is -0.0800. The van der Waals surface area contributed by atoms with E-state index in [4.69, 9.17) is 4.74 Å². The van der Waals surface area contributed by atoms with Crippen LogP contribution in [0.15, 0.2) is 0 Å². The van der Waals surface area contributed by atoms with Gasteiger partial charge in [0.05, 0.1) is 6.61 Å². The highest BCUT2D eigenvalue weighted by Crippen LogP contribution is 2.23. The van der Waals surface area contributed by atoms with Crippen molar-refractivity contribution >= 4 is 0 Å². The Kier molecular flexibility index (Phi) is 7.87. The summed E-state index contributed by atoms with van der Waals surface area (Å²) < 4.78 is 5.74. The van der Waals surface area contributed by atoms with Crippen LogP contribution in [0.2, 0.25) is 0 Å². The van der Waals surface area contributed by atoms with E-state index in [0.717, 1.165) is 25.7 Å². The van der Waals surface area contributed by atoms with Crippen molar-refractivity contribution in [2.75, 3.05) is 19.8 Å². The van der Waals surface area contributed by atoms with Gasteiger partial charge >= 0.3 is 0 Å². The summed E-state index contributed by atoms with van der Waals surface area (Å²) in [6, 6.07) is 0.642. The molecule has 1 atom stereocenters. The van der Waals surface area contributed by atoms with Crippen LogP contribution < -0.4 is 5.32 Å². The third-order valence-electron chi connectivity index (χ3n) is 3.54. The Bertz CT molecular complexity index is 155. The maximum Gasteiger partial charge on any atom is 0.0591 e. The average Bonchev–Trinajstić information content (AvgIpc) is 2.30. The lowest BCUT2D eigenvalue weighted by Crippen LogP contribution is -2.29. The highest BCUT2D eigenvalue weighted by molar-refractivity contribution is 4.65. The van der Waals surface area contributed by atoms with Gasteiger partial charge in [-0.25, -0.2) is 0 Å². The molecule has 0 bridgehead atoms. The number of hydrogen-bond acceptors (Lipinski definition) is 2. The molecule has 1 N–H and O–H groups in total. The third kappa shape index (κ3) is 6.49. The van der Waals surface area contributed by atoms with Gasteiger partial charge in [-0.05, 0) is 32.1 Å². The molecular formula is C14H29NO. The number of rotatable bonds is 8. The van der Waals surface area contributed by atoms with E-state index in [1.54, 1.807) is 0 Å². The van der Waals surface area contributed by atoms with Gasteiger partial charge in [-0.3, -0.25) is 0 Å². The largest absolute Gasteiger partial charge is 0.380 e. The Morgan fingerprint density at radius 2 is 2.00 bits per heavy atom. The van der Waals surface area contributed by atoms with Crippen molar-refractivity contribution in [3.8, 4) is 0 Å². The number of ether oxygens (including phenoxy) is 1. The first-order valence-corrected chi connectivity index (χ1v) is 7.14. The van der Waals surface area contributed by atoms with Crippen molar-refractivity contribution in [3.05, 3.63) is 0 Å². The van der Waals surface area contributed by atoms with E-state index < -0.39 is 0 Å². The maximum absolute atomic E-state index is 5.74. The van der Waals surface area contributed by atoms with Crippen LogP contribution in [-0.4, -0.2) is 25.8 Å². The van der Waals surface area contributed by atoms with Gasteiger partial charge in [-0.15, -0.1) is 0 Å². The van der Waals surface area contributed by atoms with Gasteiger partial charge in [0.2, 0.25) is 0 Å². The van der Waals surface area contributed by atoms with Crippen LogP contribution in [-0.2, 0) is 4.74 Å². The van der Waals surface area contributed by atoms with Crippen LogP contribution in [0.25, 0.3) is 0 Å². The van der Waals surface area contributed by atoms with Gasteiger partial charge in [0.15, 0.2) is 0 Å². The first-order chi connectivity index (χ1) is 7.83. The highest BCUT2D eigenvalue weighted by Gasteiger charge is 2.12. The Morgan fingerprint density at radius 1 is 1.25 bits per heavy atom. The van der Waals surface area contributed by atoms with Gasteiger partial charge in [-0.1, -0.05) is 32.6 Å². The lowest BCUT2D eigenvalue weighted by atomic mass is 9.90. The molecule has 96 valence electrons. The summed E-state index contributed by atoms with van der Waals surface area (Å²) in [6.07, 6.45) is 9.57.